The van der Waals surface area contributed by atoms with Crippen LogP contribution in [0.2, 0.25) is 0 Å². The lowest BCUT2D eigenvalue weighted by Crippen LogP contribution is -2.14. The molecule has 0 N–H and O–H groups in total. The van der Waals surface area contributed by atoms with E-state index in [0.29, 0.717) is 0 Å². The van der Waals surface area contributed by atoms with E-state index in [1.807, 2.05) is 0 Å². The summed E-state index contributed by atoms with van der Waals surface area (Å²) >= 11 is 0. The van der Waals surface area contributed by atoms with Crippen LogP contribution >= 0.6 is 8.58 Å². The third kappa shape index (κ3) is 2.23. The van der Waals surface area contributed by atoms with Crippen molar-refractivity contribution in [3.63, 3.8) is 0 Å². The van der Waals surface area contributed by atoms with Crippen LogP contribution in [-0.4, -0.2) is 11.8 Å². The molecule has 10 heavy (non-hydrogen) atoms. The van der Waals surface area contributed by atoms with E-state index in [9.17, 15) is 0 Å². The highest BCUT2D eigenvalue weighted by Crippen LogP contribution is 2.36. The van der Waals surface area contributed by atoms with Crippen molar-refractivity contribution in [1.82, 2.24) is 0 Å². The molecular weight excluding hydrogens is 139 g/mol. The Labute approximate surface area is 66.6 Å². The molecule has 1 heterocycles. The summed E-state index contributed by atoms with van der Waals surface area (Å²) in [4.78, 5) is 0. The fourth-order valence-electron chi connectivity index (χ4n) is 1.67. The minimum Gasteiger partial charge on any atom is -0.119 e. The average Bonchev–Trinajstić information content (AvgIpc) is 2.05. The first-order valence-electron chi connectivity index (χ1n) is 4.60. The largest absolute Gasteiger partial charge is 0.119 e. The van der Waals surface area contributed by atoms with Crippen molar-refractivity contribution >= 4 is 8.58 Å². The molecule has 60 valence electrons. The van der Waals surface area contributed by atoms with Crippen LogP contribution in [0.5, 0.6) is 0 Å². The molecule has 0 aliphatic carbocycles. The molecule has 1 fully saturated rings. The van der Waals surface area contributed by atoms with E-state index < -0.39 is 0 Å². The number of hydrogen-bond acceptors (Lipinski definition) is 0. The van der Waals surface area contributed by atoms with E-state index in [1.54, 1.807) is 0 Å². The Hall–Kier alpha value is 0.430. The molecule has 0 radical (unpaired) electrons. The van der Waals surface area contributed by atoms with Gasteiger partial charge in [0.15, 0.2) is 0 Å². The van der Waals surface area contributed by atoms with Crippen molar-refractivity contribution in [2.45, 2.75) is 45.2 Å². The van der Waals surface area contributed by atoms with Crippen LogP contribution < -0.4 is 0 Å². The molecule has 0 aromatic heterocycles. The van der Waals surface area contributed by atoms with Crippen molar-refractivity contribution in [1.29, 1.82) is 0 Å². The summed E-state index contributed by atoms with van der Waals surface area (Å²) in [5.41, 5.74) is 1.10. The van der Waals surface area contributed by atoms with Crippen LogP contribution in [0.1, 0.15) is 39.5 Å². The predicted octanol–water partition coefficient (Wildman–Crippen LogP) is 3.26. The summed E-state index contributed by atoms with van der Waals surface area (Å²) in [6, 6.07) is 0. The molecule has 1 aliphatic rings. The van der Waals surface area contributed by atoms with E-state index in [1.165, 1.54) is 40.4 Å². The minimum absolute atomic E-state index is 1.08. The van der Waals surface area contributed by atoms with Crippen LogP contribution in [0.4, 0.5) is 0 Å². The maximum absolute atomic E-state index is 2.34. The highest BCUT2D eigenvalue weighted by molar-refractivity contribution is 7.39. The zero-order valence-electron chi connectivity index (χ0n) is 7.19. The van der Waals surface area contributed by atoms with Crippen molar-refractivity contribution in [2.24, 2.45) is 5.92 Å². The lowest BCUT2D eigenvalue weighted by molar-refractivity contribution is 0.472. The zero-order chi connectivity index (χ0) is 7.40. The Bertz CT molecular complexity index is 70.7. The van der Waals surface area contributed by atoms with Crippen molar-refractivity contribution in [3.8, 4) is 0 Å². The molecule has 0 aromatic rings. The molecule has 0 aromatic carbocycles. The molecular formula is C9H19P. The predicted molar refractivity (Wildman–Crippen MR) is 50.3 cm³/mol. The van der Waals surface area contributed by atoms with E-state index in [0.717, 1.165) is 11.6 Å². The lowest BCUT2D eigenvalue weighted by atomic mass is 10.00. The topological polar surface area (TPSA) is 0 Å². The van der Waals surface area contributed by atoms with Crippen LogP contribution in [0.25, 0.3) is 0 Å². The van der Waals surface area contributed by atoms with Crippen LogP contribution in [0.15, 0.2) is 0 Å². The molecule has 0 amide bonds. The normalized spacial score (nSPS) is 36.6. The standard InChI is InChI=1S/C9H19P/c1-3-8-5-6-9(4-2)10-7-8/h8-10H,3-7H2,1-2H3. The third-order valence-electron chi connectivity index (χ3n) is 2.69. The average molecular weight is 158 g/mol. The van der Waals surface area contributed by atoms with Crippen LogP contribution in [-0.2, 0) is 0 Å². The quantitative estimate of drug-likeness (QED) is 0.541. The summed E-state index contributed by atoms with van der Waals surface area (Å²) in [5.74, 6) is 1.08. The smallest absolute Gasteiger partial charge is 0.0239 e. The summed E-state index contributed by atoms with van der Waals surface area (Å²) in [5, 5.41) is 0. The second kappa shape index (κ2) is 4.34. The molecule has 0 saturated carbocycles. The maximum Gasteiger partial charge on any atom is -0.0239 e. The Balaban J connectivity index is 2.17. The first-order valence-corrected chi connectivity index (χ1v) is 5.88. The van der Waals surface area contributed by atoms with Gasteiger partial charge in [-0.3, -0.25) is 0 Å². The van der Waals surface area contributed by atoms with Crippen molar-refractivity contribution in [2.75, 3.05) is 6.16 Å². The monoisotopic (exact) mass is 158 g/mol. The van der Waals surface area contributed by atoms with Crippen LogP contribution in [0.3, 0.4) is 0 Å². The highest BCUT2D eigenvalue weighted by Gasteiger charge is 2.17. The van der Waals surface area contributed by atoms with Crippen molar-refractivity contribution < 1.29 is 0 Å². The van der Waals surface area contributed by atoms with E-state index in [4.69, 9.17) is 0 Å². The fourth-order valence-corrected chi connectivity index (χ4v) is 3.49. The fraction of sp³-hybridized carbons (Fsp3) is 1.00. The van der Waals surface area contributed by atoms with E-state index >= 15 is 0 Å². The second-order valence-corrected chi connectivity index (χ2v) is 5.00. The van der Waals surface area contributed by atoms with Gasteiger partial charge in [-0.2, -0.15) is 0 Å². The Morgan fingerprint density at radius 2 is 2.00 bits per heavy atom. The Morgan fingerprint density at radius 1 is 1.20 bits per heavy atom. The first-order chi connectivity index (χ1) is 4.86. The van der Waals surface area contributed by atoms with Gasteiger partial charge in [0.1, 0.15) is 0 Å². The summed E-state index contributed by atoms with van der Waals surface area (Å²) in [7, 11) is 1.28. The third-order valence-corrected chi connectivity index (χ3v) is 4.78. The Morgan fingerprint density at radius 3 is 2.40 bits per heavy atom. The summed E-state index contributed by atoms with van der Waals surface area (Å²) in [6.45, 7) is 4.67. The molecule has 0 spiro atoms. The van der Waals surface area contributed by atoms with E-state index in [2.05, 4.69) is 13.8 Å². The van der Waals surface area contributed by atoms with Gasteiger partial charge >= 0.3 is 0 Å². The summed E-state index contributed by atoms with van der Waals surface area (Å²) < 4.78 is 0. The molecule has 0 bridgehead atoms. The van der Waals surface area contributed by atoms with Crippen LogP contribution in [0, 0.1) is 5.92 Å². The molecule has 1 saturated heterocycles. The van der Waals surface area contributed by atoms with E-state index in [-0.39, 0.29) is 0 Å². The maximum atomic E-state index is 2.34. The zero-order valence-corrected chi connectivity index (χ0v) is 8.19. The van der Waals surface area contributed by atoms with Gasteiger partial charge in [0.25, 0.3) is 0 Å². The molecule has 1 rings (SSSR count). The van der Waals surface area contributed by atoms with Gasteiger partial charge in [-0.1, -0.05) is 20.3 Å². The van der Waals surface area contributed by atoms with Crippen molar-refractivity contribution in [3.05, 3.63) is 0 Å². The van der Waals surface area contributed by atoms with Gasteiger partial charge in [0, 0.05) is 0 Å². The van der Waals surface area contributed by atoms with Gasteiger partial charge in [0.05, 0.1) is 0 Å². The SMILES string of the molecule is CCC1CCC(CC)PC1. The second-order valence-electron chi connectivity index (χ2n) is 3.37. The molecule has 3 unspecified atom stereocenters. The molecule has 3 atom stereocenters. The first kappa shape index (κ1) is 8.53. The Kier molecular flexibility index (Phi) is 3.70. The molecule has 1 heteroatoms. The minimum atomic E-state index is 1.08. The van der Waals surface area contributed by atoms with Gasteiger partial charge in [-0.25, -0.2) is 0 Å². The van der Waals surface area contributed by atoms with Gasteiger partial charge in [-0.05, 0) is 37.0 Å². The molecule has 0 nitrogen and oxygen atoms in total. The lowest BCUT2D eigenvalue weighted by Gasteiger charge is -2.26. The van der Waals surface area contributed by atoms with Gasteiger partial charge in [-0.15, -0.1) is 8.58 Å². The number of rotatable bonds is 2. The summed E-state index contributed by atoms with van der Waals surface area (Å²) in [6.07, 6.45) is 7.42. The number of hydrogen-bond donors (Lipinski definition) is 0. The molecule has 1 aliphatic heterocycles. The van der Waals surface area contributed by atoms with Gasteiger partial charge in [0.2, 0.25) is 0 Å². The highest BCUT2D eigenvalue weighted by atomic mass is 31.1. The van der Waals surface area contributed by atoms with Gasteiger partial charge < -0.3 is 0 Å².